The zero-order valence-electron chi connectivity index (χ0n) is 11.0. The molecule has 6 nitrogen and oxygen atoms in total. The molecule has 1 saturated carbocycles. The summed E-state index contributed by atoms with van der Waals surface area (Å²) in [6.07, 6.45) is 4.97. The summed E-state index contributed by atoms with van der Waals surface area (Å²) in [7, 11) is 0. The molecule has 2 aliphatic rings. The van der Waals surface area contributed by atoms with Gasteiger partial charge in [-0.15, -0.1) is 0 Å². The van der Waals surface area contributed by atoms with Crippen molar-refractivity contribution in [1.82, 2.24) is 4.90 Å². The van der Waals surface area contributed by atoms with Crippen molar-refractivity contribution in [2.75, 3.05) is 0 Å². The van der Waals surface area contributed by atoms with Gasteiger partial charge in [0.15, 0.2) is 0 Å². The number of amides is 2. The predicted octanol–water partition coefficient (Wildman–Crippen LogP) is 3.56. The lowest BCUT2D eigenvalue weighted by atomic mass is 9.94. The average Bonchev–Trinajstić information content (AvgIpc) is 2.73. The highest BCUT2D eigenvalue weighted by atomic mass is 16.2. The second kappa shape index (κ2) is 4.98. The number of carbonyl (C=O) groups is 2. The highest BCUT2D eigenvalue weighted by Gasteiger charge is 2.41. The minimum atomic E-state index is -0.320. The fourth-order valence-corrected chi connectivity index (χ4v) is 3.09. The van der Waals surface area contributed by atoms with E-state index in [-0.39, 0.29) is 29.1 Å². The van der Waals surface area contributed by atoms with Crippen LogP contribution in [0, 0.1) is 0 Å². The summed E-state index contributed by atoms with van der Waals surface area (Å²) >= 11 is 0. The first-order valence-corrected chi connectivity index (χ1v) is 6.80. The van der Waals surface area contributed by atoms with E-state index in [1.54, 1.807) is 18.2 Å². The van der Waals surface area contributed by atoms with E-state index in [9.17, 15) is 9.59 Å². The van der Waals surface area contributed by atoms with Gasteiger partial charge < -0.3 is 0 Å². The van der Waals surface area contributed by atoms with Crippen molar-refractivity contribution in [3.63, 3.8) is 0 Å². The van der Waals surface area contributed by atoms with Gasteiger partial charge in [-0.25, -0.2) is 0 Å². The Balaban J connectivity index is 2.03. The van der Waals surface area contributed by atoms with E-state index < -0.39 is 0 Å². The van der Waals surface area contributed by atoms with Crippen molar-refractivity contribution in [1.29, 1.82) is 0 Å². The normalized spacial score (nSPS) is 18.9. The Morgan fingerprint density at radius 1 is 1.15 bits per heavy atom. The van der Waals surface area contributed by atoms with Crippen LogP contribution >= 0.6 is 0 Å². The van der Waals surface area contributed by atoms with E-state index in [1.807, 2.05) is 0 Å². The number of imide groups is 1. The van der Waals surface area contributed by atoms with Crippen LogP contribution in [0.1, 0.15) is 52.8 Å². The fraction of sp³-hybridized carbons (Fsp3) is 0.429. The van der Waals surface area contributed by atoms with Crippen molar-refractivity contribution < 1.29 is 9.59 Å². The van der Waals surface area contributed by atoms with E-state index in [2.05, 4.69) is 10.0 Å². The Hall–Kier alpha value is -2.33. The van der Waals surface area contributed by atoms with Crippen LogP contribution in [0.15, 0.2) is 23.3 Å². The first-order valence-electron chi connectivity index (χ1n) is 6.80. The first-order chi connectivity index (χ1) is 9.74. The minimum absolute atomic E-state index is 0.0185. The topological polar surface area (TPSA) is 86.1 Å². The number of carbonyl (C=O) groups excluding carboxylic acids is 2. The lowest BCUT2D eigenvalue weighted by molar-refractivity contribution is 0.0549. The quantitative estimate of drug-likeness (QED) is 0.356. The number of azide groups is 1. The summed E-state index contributed by atoms with van der Waals surface area (Å²) < 4.78 is 0. The van der Waals surface area contributed by atoms with Crippen LogP contribution in [0.3, 0.4) is 0 Å². The molecule has 1 aromatic carbocycles. The molecule has 1 fully saturated rings. The highest BCUT2D eigenvalue weighted by molar-refractivity contribution is 6.23. The summed E-state index contributed by atoms with van der Waals surface area (Å²) in [5.74, 6) is -0.577. The summed E-state index contributed by atoms with van der Waals surface area (Å²) in [6.45, 7) is 0. The van der Waals surface area contributed by atoms with Gasteiger partial charge in [-0.3, -0.25) is 14.5 Å². The van der Waals surface area contributed by atoms with E-state index in [1.165, 1.54) is 4.90 Å². The maximum atomic E-state index is 12.5. The molecule has 1 aromatic rings. The SMILES string of the molecule is [N-]=[N+]=Nc1cccc2c1C(=O)N(C1CCCCC1)C2=O. The molecule has 0 saturated heterocycles. The molecule has 0 unspecified atom stereocenters. The molecule has 3 rings (SSSR count). The maximum absolute atomic E-state index is 12.5. The van der Waals surface area contributed by atoms with Crippen molar-refractivity contribution in [2.24, 2.45) is 5.11 Å². The number of hydrogen-bond acceptors (Lipinski definition) is 3. The third-order valence-corrected chi connectivity index (χ3v) is 4.02. The molecule has 0 N–H and O–H groups in total. The van der Waals surface area contributed by atoms with Gasteiger partial charge in [0.05, 0.1) is 16.8 Å². The molecule has 1 heterocycles. The fourth-order valence-electron chi connectivity index (χ4n) is 3.09. The second-order valence-corrected chi connectivity index (χ2v) is 5.16. The number of nitrogens with zero attached hydrogens (tertiary/aromatic N) is 4. The van der Waals surface area contributed by atoms with Gasteiger partial charge in [0, 0.05) is 11.0 Å². The molecular formula is C14H14N4O2. The summed E-state index contributed by atoms with van der Waals surface area (Å²) in [6, 6.07) is 4.80. The third kappa shape index (κ3) is 1.85. The van der Waals surface area contributed by atoms with E-state index in [4.69, 9.17) is 5.53 Å². The lowest BCUT2D eigenvalue weighted by Crippen LogP contribution is -2.40. The van der Waals surface area contributed by atoms with Gasteiger partial charge in [-0.1, -0.05) is 36.5 Å². The molecule has 0 aromatic heterocycles. The Morgan fingerprint density at radius 3 is 2.60 bits per heavy atom. The standard InChI is InChI=1S/C14H14N4O2/c15-17-16-11-8-4-7-10-12(11)14(20)18(13(10)19)9-5-2-1-3-6-9/h4,7-9H,1-3,5-6H2. The molecule has 2 amide bonds. The zero-order valence-corrected chi connectivity index (χ0v) is 11.0. The Morgan fingerprint density at radius 2 is 1.90 bits per heavy atom. The molecule has 1 aliphatic heterocycles. The van der Waals surface area contributed by atoms with Gasteiger partial charge in [0.25, 0.3) is 11.8 Å². The maximum Gasteiger partial charge on any atom is 0.262 e. The third-order valence-electron chi connectivity index (χ3n) is 4.02. The summed E-state index contributed by atoms with van der Waals surface area (Å²) in [4.78, 5) is 29.0. The van der Waals surface area contributed by atoms with Crippen LogP contribution in [0.5, 0.6) is 0 Å². The molecule has 0 atom stereocenters. The predicted molar refractivity (Wildman–Crippen MR) is 72.6 cm³/mol. The zero-order chi connectivity index (χ0) is 14.1. The van der Waals surface area contributed by atoms with Crippen molar-refractivity contribution >= 4 is 17.5 Å². The van der Waals surface area contributed by atoms with Crippen molar-refractivity contribution in [2.45, 2.75) is 38.1 Å². The Bertz CT molecular complexity index is 628. The van der Waals surface area contributed by atoms with Gasteiger partial charge >= 0.3 is 0 Å². The van der Waals surface area contributed by atoms with Crippen LogP contribution < -0.4 is 0 Å². The van der Waals surface area contributed by atoms with Crippen LogP contribution in [-0.4, -0.2) is 22.8 Å². The van der Waals surface area contributed by atoms with Gasteiger partial charge in [0.1, 0.15) is 0 Å². The number of benzene rings is 1. The Kier molecular flexibility index (Phi) is 3.16. The molecule has 20 heavy (non-hydrogen) atoms. The molecule has 0 spiro atoms. The molecule has 0 radical (unpaired) electrons. The second-order valence-electron chi connectivity index (χ2n) is 5.16. The number of hydrogen-bond donors (Lipinski definition) is 0. The molecule has 6 heteroatoms. The monoisotopic (exact) mass is 270 g/mol. The van der Waals surface area contributed by atoms with Gasteiger partial charge in [0.2, 0.25) is 0 Å². The van der Waals surface area contributed by atoms with E-state index in [0.717, 1.165) is 32.1 Å². The number of fused-ring (bicyclic) bond motifs is 1. The smallest absolute Gasteiger partial charge is 0.262 e. The molecule has 1 aliphatic carbocycles. The number of rotatable bonds is 2. The Labute approximate surface area is 116 Å². The van der Waals surface area contributed by atoms with Crippen LogP contribution in [0.25, 0.3) is 10.4 Å². The van der Waals surface area contributed by atoms with E-state index >= 15 is 0 Å². The average molecular weight is 270 g/mol. The van der Waals surface area contributed by atoms with Gasteiger partial charge in [-0.05, 0) is 24.4 Å². The molecular weight excluding hydrogens is 256 g/mol. The molecule has 102 valence electrons. The van der Waals surface area contributed by atoms with Crippen molar-refractivity contribution in [3.05, 3.63) is 39.8 Å². The van der Waals surface area contributed by atoms with Crippen LogP contribution in [0.4, 0.5) is 5.69 Å². The van der Waals surface area contributed by atoms with Crippen LogP contribution in [0.2, 0.25) is 0 Å². The minimum Gasteiger partial charge on any atom is -0.271 e. The largest absolute Gasteiger partial charge is 0.271 e. The lowest BCUT2D eigenvalue weighted by Gasteiger charge is -2.29. The van der Waals surface area contributed by atoms with E-state index in [0.29, 0.717) is 5.56 Å². The van der Waals surface area contributed by atoms with Crippen molar-refractivity contribution in [3.8, 4) is 0 Å². The summed E-state index contributed by atoms with van der Waals surface area (Å²) in [5, 5.41) is 3.52. The summed E-state index contributed by atoms with van der Waals surface area (Å²) in [5.41, 5.74) is 9.41. The van der Waals surface area contributed by atoms with Crippen LogP contribution in [-0.2, 0) is 0 Å². The highest BCUT2D eigenvalue weighted by Crippen LogP contribution is 2.35. The molecule has 0 bridgehead atoms. The first kappa shape index (κ1) is 12.7. The van der Waals surface area contributed by atoms with Gasteiger partial charge in [-0.2, -0.15) is 0 Å².